The average Bonchev–Trinajstić information content (AvgIpc) is 2.99. The zero-order valence-corrected chi connectivity index (χ0v) is 13.9. The van der Waals surface area contributed by atoms with Gasteiger partial charge in [0.05, 0.1) is 12.4 Å². The molecule has 2 N–H and O–H groups in total. The van der Waals surface area contributed by atoms with Gasteiger partial charge in [0.2, 0.25) is 0 Å². The predicted octanol–water partition coefficient (Wildman–Crippen LogP) is 1.81. The maximum Gasteiger partial charge on any atom is 0.165 e. The molecule has 1 fully saturated rings. The normalized spacial score (nSPS) is 20.8. The highest BCUT2D eigenvalue weighted by Crippen LogP contribution is 2.21. The van der Waals surface area contributed by atoms with Gasteiger partial charge in [0.15, 0.2) is 17.0 Å². The molecule has 0 spiro atoms. The van der Waals surface area contributed by atoms with Crippen LogP contribution in [0.15, 0.2) is 12.7 Å². The van der Waals surface area contributed by atoms with E-state index < -0.39 is 0 Å². The highest BCUT2D eigenvalue weighted by atomic mass is 16.3. The lowest BCUT2D eigenvalue weighted by molar-refractivity contribution is 0.0909. The Morgan fingerprint density at radius 3 is 2.96 bits per heavy atom. The van der Waals surface area contributed by atoms with E-state index in [1.165, 1.54) is 0 Å². The molecular weight excluding hydrogens is 304 g/mol. The monoisotopic (exact) mass is 334 g/mol. The lowest BCUT2D eigenvalue weighted by atomic mass is 9.97. The number of fused-ring (bicyclic) bond motifs is 1. The number of rotatable bonds is 6. The number of aliphatic hydroxyl groups is 1. The van der Waals surface area contributed by atoms with Crippen LogP contribution in [0, 0.1) is 0 Å². The van der Waals surface area contributed by atoms with Gasteiger partial charge in [-0.1, -0.05) is 7.43 Å². The van der Waals surface area contributed by atoms with Gasteiger partial charge in [0.25, 0.3) is 0 Å². The number of imidazole rings is 1. The first-order valence-electron chi connectivity index (χ1n) is 8.49. The molecule has 0 radical (unpaired) electrons. The second-order valence-corrected chi connectivity index (χ2v) is 6.23. The van der Waals surface area contributed by atoms with E-state index in [2.05, 4.69) is 36.7 Å². The number of aliphatic hydroxyl groups excluding tert-OH is 1. The van der Waals surface area contributed by atoms with Crippen molar-refractivity contribution in [1.29, 1.82) is 0 Å². The lowest BCUT2D eigenvalue weighted by Crippen LogP contribution is -2.44. The van der Waals surface area contributed by atoms with E-state index in [1.54, 1.807) is 6.33 Å². The number of hydrogen-bond donors (Lipinski definition) is 2. The van der Waals surface area contributed by atoms with Crippen LogP contribution in [-0.2, 0) is 6.54 Å². The Morgan fingerprint density at radius 2 is 2.21 bits per heavy atom. The molecule has 0 amide bonds. The van der Waals surface area contributed by atoms with E-state index in [9.17, 15) is 5.11 Å². The van der Waals surface area contributed by atoms with E-state index in [0.29, 0.717) is 0 Å². The standard InChI is InChI=1S/C16H26N6O.CH4/c1-3-21(2)15-14-16(19-10-18-15)22(11-20-14)9-5-6-12-13(23)7-4-8-17-12;/h10-13,17,23H,3-9H2,1-2H3;1H4/t12-,13+;/m1./s1. The van der Waals surface area contributed by atoms with Crippen molar-refractivity contribution in [3.8, 4) is 0 Å². The van der Waals surface area contributed by atoms with Crippen molar-refractivity contribution in [2.75, 3.05) is 25.0 Å². The molecule has 0 saturated carbocycles. The summed E-state index contributed by atoms with van der Waals surface area (Å²) in [5.41, 5.74) is 1.74. The number of aryl methyl sites for hydroxylation is 1. The maximum atomic E-state index is 10.0. The van der Waals surface area contributed by atoms with Crippen LogP contribution < -0.4 is 10.2 Å². The number of piperidine rings is 1. The molecule has 24 heavy (non-hydrogen) atoms. The van der Waals surface area contributed by atoms with Crippen molar-refractivity contribution in [3.63, 3.8) is 0 Å². The molecule has 1 aliphatic heterocycles. The molecule has 0 aromatic carbocycles. The summed E-state index contributed by atoms with van der Waals surface area (Å²) in [5, 5.41) is 13.4. The van der Waals surface area contributed by atoms with Crippen molar-refractivity contribution in [2.24, 2.45) is 0 Å². The van der Waals surface area contributed by atoms with E-state index in [1.807, 2.05) is 13.4 Å². The smallest absolute Gasteiger partial charge is 0.165 e. The zero-order valence-electron chi connectivity index (χ0n) is 13.9. The predicted molar refractivity (Wildman–Crippen MR) is 97.3 cm³/mol. The molecule has 7 nitrogen and oxygen atoms in total. The summed E-state index contributed by atoms with van der Waals surface area (Å²) in [6.45, 7) is 4.83. The SMILES string of the molecule is C.CCN(C)c1ncnc2c1ncn2CCC[C@H]1NCCC[C@@H]1O. The van der Waals surface area contributed by atoms with Gasteiger partial charge in [-0.2, -0.15) is 0 Å². The number of hydrogen-bond acceptors (Lipinski definition) is 6. The molecule has 2 aromatic heterocycles. The Morgan fingerprint density at radius 1 is 1.38 bits per heavy atom. The topological polar surface area (TPSA) is 79.1 Å². The third kappa shape index (κ3) is 3.84. The average molecular weight is 334 g/mol. The summed E-state index contributed by atoms with van der Waals surface area (Å²) in [4.78, 5) is 15.3. The number of aromatic nitrogens is 4. The van der Waals surface area contributed by atoms with Crippen LogP contribution >= 0.6 is 0 Å². The van der Waals surface area contributed by atoms with Gasteiger partial charge in [0, 0.05) is 26.2 Å². The molecule has 2 atom stereocenters. The summed E-state index contributed by atoms with van der Waals surface area (Å²) in [6, 6.07) is 0.218. The van der Waals surface area contributed by atoms with Crippen LogP contribution in [0.1, 0.15) is 40.0 Å². The first-order chi connectivity index (χ1) is 11.2. The van der Waals surface area contributed by atoms with Gasteiger partial charge >= 0.3 is 0 Å². The van der Waals surface area contributed by atoms with E-state index in [-0.39, 0.29) is 19.6 Å². The molecule has 2 aromatic rings. The molecule has 7 heteroatoms. The fraction of sp³-hybridized carbons (Fsp3) is 0.706. The van der Waals surface area contributed by atoms with Crippen LogP contribution in [0.2, 0.25) is 0 Å². The minimum atomic E-state index is -0.213. The molecule has 0 unspecified atom stereocenters. The van der Waals surface area contributed by atoms with Crippen LogP contribution in [0.5, 0.6) is 0 Å². The summed E-state index contributed by atoms with van der Waals surface area (Å²) in [6.07, 6.45) is 7.16. The van der Waals surface area contributed by atoms with E-state index in [4.69, 9.17) is 0 Å². The largest absolute Gasteiger partial charge is 0.392 e. The Labute approximate surface area is 144 Å². The van der Waals surface area contributed by atoms with Gasteiger partial charge in [-0.05, 0) is 39.2 Å². The van der Waals surface area contributed by atoms with Gasteiger partial charge in [-0.3, -0.25) is 0 Å². The third-order valence-corrected chi connectivity index (χ3v) is 4.68. The highest BCUT2D eigenvalue weighted by Gasteiger charge is 2.22. The van der Waals surface area contributed by atoms with Crippen LogP contribution in [0.3, 0.4) is 0 Å². The van der Waals surface area contributed by atoms with E-state index >= 15 is 0 Å². The fourth-order valence-electron chi connectivity index (χ4n) is 3.17. The minimum absolute atomic E-state index is 0. The molecule has 3 heterocycles. The highest BCUT2D eigenvalue weighted by molar-refractivity contribution is 5.83. The van der Waals surface area contributed by atoms with Gasteiger partial charge in [0.1, 0.15) is 6.33 Å². The van der Waals surface area contributed by atoms with Crippen molar-refractivity contribution < 1.29 is 5.11 Å². The first kappa shape index (κ1) is 18.6. The van der Waals surface area contributed by atoms with Crippen molar-refractivity contribution in [3.05, 3.63) is 12.7 Å². The zero-order chi connectivity index (χ0) is 16.2. The van der Waals surface area contributed by atoms with Crippen molar-refractivity contribution in [2.45, 2.75) is 58.7 Å². The Kier molecular flexibility index (Phi) is 6.51. The summed E-state index contributed by atoms with van der Waals surface area (Å²) < 4.78 is 2.08. The molecule has 134 valence electrons. The van der Waals surface area contributed by atoms with Crippen LogP contribution in [0.25, 0.3) is 11.2 Å². The second kappa shape index (κ2) is 8.39. The fourth-order valence-corrected chi connectivity index (χ4v) is 3.17. The van der Waals surface area contributed by atoms with Gasteiger partial charge in [-0.15, -0.1) is 0 Å². The molecule has 3 rings (SSSR count). The molecular formula is C17H30N6O. The minimum Gasteiger partial charge on any atom is -0.392 e. The lowest BCUT2D eigenvalue weighted by Gasteiger charge is -2.28. The van der Waals surface area contributed by atoms with Crippen molar-refractivity contribution >= 4 is 17.0 Å². The molecule has 1 saturated heterocycles. The number of anilines is 1. The Bertz CT molecular complexity index is 643. The summed E-state index contributed by atoms with van der Waals surface area (Å²) in [7, 11) is 2.01. The Hall–Kier alpha value is -1.73. The summed E-state index contributed by atoms with van der Waals surface area (Å²) >= 11 is 0. The summed E-state index contributed by atoms with van der Waals surface area (Å²) in [5.74, 6) is 0.876. The van der Waals surface area contributed by atoms with E-state index in [0.717, 1.165) is 62.3 Å². The van der Waals surface area contributed by atoms with Gasteiger partial charge < -0.3 is 19.9 Å². The van der Waals surface area contributed by atoms with Crippen LogP contribution in [-0.4, -0.2) is 56.9 Å². The number of nitrogens with one attached hydrogen (secondary N) is 1. The first-order valence-corrected chi connectivity index (χ1v) is 8.49. The maximum absolute atomic E-state index is 10.0. The quantitative estimate of drug-likeness (QED) is 0.839. The number of nitrogens with zero attached hydrogens (tertiary/aromatic N) is 5. The second-order valence-electron chi connectivity index (χ2n) is 6.23. The third-order valence-electron chi connectivity index (χ3n) is 4.68. The molecule has 0 bridgehead atoms. The van der Waals surface area contributed by atoms with Gasteiger partial charge in [-0.25, -0.2) is 15.0 Å². The molecule has 0 aliphatic carbocycles. The van der Waals surface area contributed by atoms with Crippen LogP contribution in [0.4, 0.5) is 5.82 Å². The molecule has 1 aliphatic rings. The Balaban J connectivity index is 0.00000208. The van der Waals surface area contributed by atoms with Crippen molar-refractivity contribution in [1.82, 2.24) is 24.8 Å².